The van der Waals surface area contributed by atoms with Gasteiger partial charge in [0.2, 0.25) is 0 Å². The number of H-pyrrole nitrogens is 1. The zero-order valence-electron chi connectivity index (χ0n) is 10.6. The van der Waals surface area contributed by atoms with Gasteiger partial charge in [-0.3, -0.25) is 0 Å². The van der Waals surface area contributed by atoms with Gasteiger partial charge in [-0.15, -0.1) is 0 Å². The van der Waals surface area contributed by atoms with Crippen molar-refractivity contribution in [2.24, 2.45) is 0 Å². The molecule has 3 nitrogen and oxygen atoms in total. The highest BCUT2D eigenvalue weighted by Crippen LogP contribution is 2.33. The number of hydrogen-bond donors (Lipinski definition) is 1. The van der Waals surface area contributed by atoms with Gasteiger partial charge in [0.15, 0.2) is 6.30 Å². The predicted molar refractivity (Wildman–Crippen MR) is 70.4 cm³/mol. The molecule has 98 valence electrons. The fraction of sp³-hybridized carbons (Fsp3) is 0.214. The van der Waals surface area contributed by atoms with E-state index in [0.29, 0.717) is 11.0 Å². The number of likely N-dealkylation sites (N-methyl/N-ethyl adjacent to an activating group) is 1. The van der Waals surface area contributed by atoms with Crippen LogP contribution < -0.4 is 0 Å². The normalized spacial score (nSPS) is 19.6. The molecule has 1 atom stereocenters. The van der Waals surface area contributed by atoms with E-state index >= 15 is 0 Å². The van der Waals surface area contributed by atoms with E-state index in [1.165, 1.54) is 17.0 Å². The van der Waals surface area contributed by atoms with Crippen LogP contribution in [-0.2, 0) is 0 Å². The molecule has 0 amide bonds. The second-order valence-electron chi connectivity index (χ2n) is 4.63. The van der Waals surface area contributed by atoms with Gasteiger partial charge in [0.1, 0.15) is 11.5 Å². The monoisotopic (exact) mass is 261 g/mol. The van der Waals surface area contributed by atoms with Crippen molar-refractivity contribution in [2.75, 3.05) is 7.05 Å². The molecular weight excluding hydrogens is 248 g/mol. The third-order valence-electron chi connectivity index (χ3n) is 3.35. The van der Waals surface area contributed by atoms with E-state index < -0.39 is 12.1 Å². The van der Waals surface area contributed by atoms with Crippen molar-refractivity contribution in [2.45, 2.75) is 13.2 Å². The largest absolute Gasteiger partial charge is 0.345 e. The Morgan fingerprint density at radius 3 is 3.00 bits per heavy atom. The van der Waals surface area contributed by atoms with E-state index in [2.05, 4.69) is 9.97 Å². The summed E-state index contributed by atoms with van der Waals surface area (Å²) in [6.07, 6.45) is 4.95. The highest BCUT2D eigenvalue weighted by atomic mass is 19.1. The lowest BCUT2D eigenvalue weighted by Crippen LogP contribution is -2.27. The van der Waals surface area contributed by atoms with E-state index in [9.17, 15) is 8.78 Å². The molecule has 3 rings (SSSR count). The molecule has 0 aromatic carbocycles. The molecule has 0 saturated carbocycles. The van der Waals surface area contributed by atoms with Crippen molar-refractivity contribution in [3.05, 3.63) is 47.6 Å². The zero-order chi connectivity index (χ0) is 13.6. The first kappa shape index (κ1) is 11.9. The fourth-order valence-electron chi connectivity index (χ4n) is 2.41. The van der Waals surface area contributed by atoms with Crippen LogP contribution in [0.4, 0.5) is 8.78 Å². The van der Waals surface area contributed by atoms with E-state index in [-0.39, 0.29) is 0 Å². The molecule has 0 saturated heterocycles. The molecule has 0 fully saturated rings. The number of aromatic amines is 1. The number of allylic oxidation sites excluding steroid dienone is 2. The molecule has 19 heavy (non-hydrogen) atoms. The second kappa shape index (κ2) is 4.19. The van der Waals surface area contributed by atoms with Crippen LogP contribution in [-0.4, -0.2) is 28.2 Å². The minimum absolute atomic E-state index is 0.405. The summed E-state index contributed by atoms with van der Waals surface area (Å²) in [5.74, 6) is -0.405. The molecule has 3 heterocycles. The minimum atomic E-state index is -1.18. The van der Waals surface area contributed by atoms with Crippen LogP contribution in [0.5, 0.6) is 0 Å². The van der Waals surface area contributed by atoms with Gasteiger partial charge in [-0.2, -0.15) is 0 Å². The molecule has 0 aliphatic carbocycles. The number of pyridine rings is 1. The van der Waals surface area contributed by atoms with Crippen LogP contribution in [0, 0.1) is 5.82 Å². The average molecular weight is 261 g/mol. The zero-order valence-corrected chi connectivity index (χ0v) is 10.6. The summed E-state index contributed by atoms with van der Waals surface area (Å²) in [6, 6.07) is 1.41. The van der Waals surface area contributed by atoms with Gasteiger partial charge in [0.25, 0.3) is 0 Å². The maximum Gasteiger partial charge on any atom is 0.191 e. The van der Waals surface area contributed by atoms with Crippen LogP contribution in [0.1, 0.15) is 12.5 Å². The summed E-state index contributed by atoms with van der Waals surface area (Å²) >= 11 is 0. The van der Waals surface area contributed by atoms with Gasteiger partial charge < -0.3 is 9.88 Å². The van der Waals surface area contributed by atoms with E-state index in [0.717, 1.165) is 23.0 Å². The lowest BCUT2D eigenvalue weighted by Gasteiger charge is -2.29. The number of hydrogen-bond acceptors (Lipinski definition) is 2. The molecule has 0 bridgehead atoms. The molecule has 0 spiro atoms. The Balaban J connectivity index is 2.24. The number of nitrogens with one attached hydrogen (secondary N) is 1. The van der Waals surface area contributed by atoms with Gasteiger partial charge >= 0.3 is 0 Å². The van der Waals surface area contributed by atoms with Crippen molar-refractivity contribution in [3.63, 3.8) is 0 Å². The molecule has 1 aliphatic heterocycles. The molecule has 1 aliphatic rings. The van der Waals surface area contributed by atoms with Crippen molar-refractivity contribution in [1.29, 1.82) is 0 Å². The van der Waals surface area contributed by atoms with Gasteiger partial charge in [0.05, 0.1) is 11.9 Å². The summed E-state index contributed by atoms with van der Waals surface area (Å²) in [4.78, 5) is 8.50. The number of aromatic nitrogens is 2. The predicted octanol–water partition coefficient (Wildman–Crippen LogP) is 3.23. The van der Waals surface area contributed by atoms with Crippen LogP contribution in [0.25, 0.3) is 16.7 Å². The SMILES string of the molecule is CC1=C(c2c[nH]c3ncc(F)cc23)N(C)C(F)C=C1. The molecule has 1 N–H and O–H groups in total. The topological polar surface area (TPSA) is 31.9 Å². The summed E-state index contributed by atoms with van der Waals surface area (Å²) in [7, 11) is 1.68. The molecule has 1 unspecified atom stereocenters. The van der Waals surface area contributed by atoms with Crippen molar-refractivity contribution < 1.29 is 8.78 Å². The Morgan fingerprint density at radius 2 is 2.21 bits per heavy atom. The van der Waals surface area contributed by atoms with E-state index in [1.54, 1.807) is 19.3 Å². The van der Waals surface area contributed by atoms with Crippen LogP contribution in [0.3, 0.4) is 0 Å². The maximum absolute atomic E-state index is 13.8. The number of halogens is 2. The number of nitrogens with zero attached hydrogens (tertiary/aromatic N) is 2. The van der Waals surface area contributed by atoms with Crippen LogP contribution in [0.15, 0.2) is 36.2 Å². The van der Waals surface area contributed by atoms with E-state index in [4.69, 9.17) is 0 Å². The van der Waals surface area contributed by atoms with Gasteiger partial charge in [-0.25, -0.2) is 13.8 Å². The van der Waals surface area contributed by atoms with Crippen molar-refractivity contribution >= 4 is 16.7 Å². The first-order chi connectivity index (χ1) is 9.08. The Bertz CT molecular complexity index is 700. The molecular formula is C14H13F2N3. The number of rotatable bonds is 1. The Kier molecular flexibility index (Phi) is 2.62. The Morgan fingerprint density at radius 1 is 1.42 bits per heavy atom. The molecule has 5 heteroatoms. The lowest BCUT2D eigenvalue weighted by molar-refractivity contribution is 0.219. The first-order valence-electron chi connectivity index (χ1n) is 5.97. The van der Waals surface area contributed by atoms with Gasteiger partial charge in [-0.05, 0) is 24.6 Å². The average Bonchev–Trinajstić information content (AvgIpc) is 2.78. The smallest absolute Gasteiger partial charge is 0.191 e. The Labute approximate surface area is 109 Å². The lowest BCUT2D eigenvalue weighted by atomic mass is 10.0. The quantitative estimate of drug-likeness (QED) is 0.799. The van der Waals surface area contributed by atoms with Gasteiger partial charge in [-0.1, -0.05) is 6.08 Å². The summed E-state index contributed by atoms with van der Waals surface area (Å²) in [5.41, 5.74) is 3.03. The third-order valence-corrected chi connectivity index (χ3v) is 3.35. The maximum atomic E-state index is 13.8. The molecule has 2 aromatic rings. The van der Waals surface area contributed by atoms with Crippen molar-refractivity contribution in [1.82, 2.24) is 14.9 Å². The number of fused-ring (bicyclic) bond motifs is 1. The van der Waals surface area contributed by atoms with Crippen LogP contribution in [0.2, 0.25) is 0 Å². The summed E-state index contributed by atoms with van der Waals surface area (Å²) in [6.45, 7) is 1.90. The molecule has 2 aromatic heterocycles. The minimum Gasteiger partial charge on any atom is -0.345 e. The summed E-state index contributed by atoms with van der Waals surface area (Å²) < 4.78 is 27.1. The molecule has 0 radical (unpaired) electrons. The second-order valence-corrected chi connectivity index (χ2v) is 4.63. The van der Waals surface area contributed by atoms with Crippen LogP contribution >= 0.6 is 0 Å². The standard InChI is InChI=1S/C14H13F2N3/c1-8-3-4-12(16)19(2)13(8)11-7-18-14-10(11)5-9(15)6-17-14/h3-7,12H,1-2H3,(H,17,18). The van der Waals surface area contributed by atoms with E-state index in [1.807, 2.05) is 6.92 Å². The number of alkyl halides is 1. The summed E-state index contributed by atoms with van der Waals surface area (Å²) in [5, 5.41) is 0.656. The first-order valence-corrected chi connectivity index (χ1v) is 5.97. The van der Waals surface area contributed by atoms with Gasteiger partial charge in [0, 0.05) is 24.2 Å². The Hall–Kier alpha value is -2.17. The highest BCUT2D eigenvalue weighted by molar-refractivity contribution is 5.91. The fourth-order valence-corrected chi connectivity index (χ4v) is 2.41. The van der Waals surface area contributed by atoms with Crippen molar-refractivity contribution in [3.8, 4) is 0 Å². The highest BCUT2D eigenvalue weighted by Gasteiger charge is 2.23. The third kappa shape index (κ3) is 1.82.